The number of hydrogen-bond acceptors (Lipinski definition) is 6. The number of para-hydroxylation sites is 2. The van der Waals surface area contributed by atoms with Crippen LogP contribution < -0.4 is 14.8 Å². The van der Waals surface area contributed by atoms with E-state index in [0.717, 1.165) is 5.56 Å². The molecule has 0 unspecified atom stereocenters. The first kappa shape index (κ1) is 15.5. The first-order chi connectivity index (χ1) is 11.8. The Bertz CT molecular complexity index is 777. The van der Waals surface area contributed by atoms with Crippen LogP contribution in [0, 0.1) is 0 Å². The highest BCUT2D eigenvalue weighted by atomic mass is 16.5. The fraction of sp³-hybridized carbons (Fsp3) is 0.125. The van der Waals surface area contributed by atoms with Gasteiger partial charge in [-0.25, -0.2) is 0 Å². The zero-order valence-corrected chi connectivity index (χ0v) is 12.7. The van der Waals surface area contributed by atoms with E-state index >= 15 is 0 Å². The van der Waals surface area contributed by atoms with E-state index < -0.39 is 5.91 Å². The van der Waals surface area contributed by atoms with Crippen molar-refractivity contribution in [3.8, 4) is 11.5 Å². The van der Waals surface area contributed by atoms with E-state index in [4.69, 9.17) is 9.47 Å². The van der Waals surface area contributed by atoms with Crippen molar-refractivity contribution in [3.05, 3.63) is 60.2 Å². The molecule has 0 saturated carbocycles. The van der Waals surface area contributed by atoms with Crippen LogP contribution in [0.15, 0.2) is 54.6 Å². The molecular formula is C16H15N5O3. The molecule has 1 heterocycles. The Morgan fingerprint density at radius 1 is 1.00 bits per heavy atom. The van der Waals surface area contributed by atoms with Gasteiger partial charge in [0.2, 0.25) is 0 Å². The first-order valence-corrected chi connectivity index (χ1v) is 7.23. The van der Waals surface area contributed by atoms with Gasteiger partial charge in [-0.2, -0.15) is 5.21 Å². The standard InChI is InChI=1S/C16H15N5O3/c22-15(17-16-18-20-21-19-16)11-24-14-9-5-4-8-13(14)23-10-12-6-2-1-3-7-12/h1-9H,10-11H2,(H2,17,18,19,20,21,22). The highest BCUT2D eigenvalue weighted by Crippen LogP contribution is 2.27. The molecule has 0 saturated heterocycles. The van der Waals surface area contributed by atoms with Crippen LogP contribution in [0.1, 0.15) is 5.56 Å². The van der Waals surface area contributed by atoms with E-state index in [0.29, 0.717) is 18.1 Å². The number of nitrogens with zero attached hydrogens (tertiary/aromatic N) is 3. The van der Waals surface area contributed by atoms with Crippen molar-refractivity contribution >= 4 is 11.9 Å². The molecule has 1 amide bonds. The first-order valence-electron chi connectivity index (χ1n) is 7.23. The Labute approximate surface area is 137 Å². The van der Waals surface area contributed by atoms with Gasteiger partial charge in [-0.1, -0.05) is 47.6 Å². The molecule has 0 aliphatic rings. The molecule has 0 fully saturated rings. The van der Waals surface area contributed by atoms with E-state index in [1.807, 2.05) is 42.5 Å². The normalized spacial score (nSPS) is 10.2. The van der Waals surface area contributed by atoms with Crippen molar-refractivity contribution < 1.29 is 14.3 Å². The van der Waals surface area contributed by atoms with E-state index in [1.165, 1.54) is 0 Å². The second kappa shape index (κ2) is 7.73. The summed E-state index contributed by atoms with van der Waals surface area (Å²) < 4.78 is 11.3. The summed E-state index contributed by atoms with van der Waals surface area (Å²) in [4.78, 5) is 11.8. The van der Waals surface area contributed by atoms with Crippen molar-refractivity contribution in [2.45, 2.75) is 6.61 Å². The van der Waals surface area contributed by atoms with Gasteiger partial charge in [0.1, 0.15) is 6.61 Å². The van der Waals surface area contributed by atoms with Crippen LogP contribution in [0.2, 0.25) is 0 Å². The molecule has 2 aromatic carbocycles. The summed E-state index contributed by atoms with van der Waals surface area (Å²) in [6.45, 7) is 0.219. The molecule has 24 heavy (non-hydrogen) atoms. The highest BCUT2D eigenvalue weighted by molar-refractivity contribution is 5.90. The third-order valence-electron chi connectivity index (χ3n) is 3.04. The molecule has 0 spiro atoms. The fourth-order valence-corrected chi connectivity index (χ4v) is 1.94. The van der Waals surface area contributed by atoms with Gasteiger partial charge in [0, 0.05) is 0 Å². The number of carbonyl (C=O) groups excluding carboxylic acids is 1. The monoisotopic (exact) mass is 325 g/mol. The zero-order valence-electron chi connectivity index (χ0n) is 12.7. The predicted octanol–water partition coefficient (Wildman–Crippen LogP) is 1.80. The Hall–Kier alpha value is -3.42. The fourth-order valence-electron chi connectivity index (χ4n) is 1.94. The third-order valence-corrected chi connectivity index (χ3v) is 3.04. The van der Waals surface area contributed by atoms with E-state index in [9.17, 15) is 4.79 Å². The number of amides is 1. The third kappa shape index (κ3) is 4.29. The average molecular weight is 325 g/mol. The highest BCUT2D eigenvalue weighted by Gasteiger charge is 2.09. The summed E-state index contributed by atoms with van der Waals surface area (Å²) in [7, 11) is 0. The molecule has 1 aromatic heterocycles. The molecule has 0 bridgehead atoms. The number of H-pyrrole nitrogens is 1. The number of tetrazole rings is 1. The second-order valence-corrected chi connectivity index (χ2v) is 4.79. The summed E-state index contributed by atoms with van der Waals surface area (Å²) in [5.74, 6) is 0.747. The van der Waals surface area contributed by atoms with Gasteiger partial charge in [-0.05, 0) is 22.9 Å². The summed E-state index contributed by atoms with van der Waals surface area (Å²) in [5.41, 5.74) is 1.04. The van der Waals surface area contributed by atoms with Crippen LogP contribution in [-0.4, -0.2) is 33.1 Å². The molecule has 8 nitrogen and oxygen atoms in total. The summed E-state index contributed by atoms with van der Waals surface area (Å²) in [5, 5.41) is 15.3. The van der Waals surface area contributed by atoms with Gasteiger partial charge in [0.25, 0.3) is 11.9 Å². The lowest BCUT2D eigenvalue weighted by Crippen LogP contribution is -2.21. The van der Waals surface area contributed by atoms with Crippen molar-refractivity contribution in [2.24, 2.45) is 0 Å². The lowest BCUT2D eigenvalue weighted by atomic mass is 10.2. The summed E-state index contributed by atoms with van der Waals surface area (Å²) in [6.07, 6.45) is 0. The lowest BCUT2D eigenvalue weighted by Gasteiger charge is -2.12. The molecule has 3 rings (SSSR count). The number of carbonyl (C=O) groups is 1. The van der Waals surface area contributed by atoms with E-state index in [2.05, 4.69) is 25.9 Å². The Balaban J connectivity index is 1.56. The van der Waals surface area contributed by atoms with Gasteiger partial charge >= 0.3 is 0 Å². The maximum Gasteiger partial charge on any atom is 0.269 e. The zero-order chi connectivity index (χ0) is 16.6. The number of benzene rings is 2. The van der Waals surface area contributed by atoms with Crippen molar-refractivity contribution in [1.82, 2.24) is 20.6 Å². The van der Waals surface area contributed by atoms with Crippen LogP contribution in [0.3, 0.4) is 0 Å². The van der Waals surface area contributed by atoms with Gasteiger partial charge < -0.3 is 9.47 Å². The van der Waals surface area contributed by atoms with Gasteiger partial charge in [0.15, 0.2) is 18.1 Å². The number of hydrogen-bond donors (Lipinski definition) is 2. The smallest absolute Gasteiger partial charge is 0.269 e. The molecule has 0 atom stereocenters. The maximum atomic E-state index is 11.8. The SMILES string of the molecule is O=C(COc1ccccc1OCc1ccccc1)Nc1nn[nH]n1. The lowest BCUT2D eigenvalue weighted by molar-refractivity contribution is -0.118. The van der Waals surface area contributed by atoms with Gasteiger partial charge in [0.05, 0.1) is 0 Å². The van der Waals surface area contributed by atoms with Crippen LogP contribution in [0.5, 0.6) is 11.5 Å². The quantitative estimate of drug-likeness (QED) is 0.687. The van der Waals surface area contributed by atoms with Crippen LogP contribution in [-0.2, 0) is 11.4 Å². The molecule has 122 valence electrons. The molecule has 0 radical (unpaired) electrons. The molecule has 0 aliphatic carbocycles. The average Bonchev–Trinajstić information content (AvgIpc) is 3.13. The Morgan fingerprint density at radius 3 is 2.42 bits per heavy atom. The number of rotatable bonds is 7. The minimum absolute atomic E-state index is 0.0946. The molecule has 2 N–H and O–H groups in total. The minimum Gasteiger partial charge on any atom is -0.485 e. The molecule has 3 aromatic rings. The number of aromatic nitrogens is 4. The molecule has 8 heteroatoms. The van der Waals surface area contributed by atoms with Gasteiger partial charge in [-0.3, -0.25) is 10.1 Å². The summed E-state index contributed by atoms with van der Waals surface area (Å²) in [6, 6.07) is 17.0. The summed E-state index contributed by atoms with van der Waals surface area (Å²) >= 11 is 0. The number of nitrogens with one attached hydrogen (secondary N) is 2. The van der Waals surface area contributed by atoms with Crippen molar-refractivity contribution in [3.63, 3.8) is 0 Å². The van der Waals surface area contributed by atoms with Crippen LogP contribution >= 0.6 is 0 Å². The maximum absolute atomic E-state index is 11.8. The van der Waals surface area contributed by atoms with Gasteiger partial charge in [-0.15, -0.1) is 5.10 Å². The molecular weight excluding hydrogens is 310 g/mol. The molecule has 0 aliphatic heterocycles. The van der Waals surface area contributed by atoms with Crippen LogP contribution in [0.25, 0.3) is 0 Å². The second-order valence-electron chi connectivity index (χ2n) is 4.79. The Morgan fingerprint density at radius 2 is 1.71 bits per heavy atom. The van der Waals surface area contributed by atoms with Crippen molar-refractivity contribution in [1.29, 1.82) is 0 Å². The number of aromatic amines is 1. The van der Waals surface area contributed by atoms with Crippen molar-refractivity contribution in [2.75, 3.05) is 11.9 Å². The topological polar surface area (TPSA) is 102 Å². The van der Waals surface area contributed by atoms with E-state index in [-0.39, 0.29) is 12.6 Å². The largest absolute Gasteiger partial charge is 0.485 e. The number of ether oxygens (including phenoxy) is 2. The minimum atomic E-state index is -0.394. The van der Waals surface area contributed by atoms with Crippen LogP contribution in [0.4, 0.5) is 5.95 Å². The van der Waals surface area contributed by atoms with E-state index in [1.54, 1.807) is 12.1 Å². The predicted molar refractivity (Wildman–Crippen MR) is 85.5 cm³/mol. The Kier molecular flexibility index (Phi) is 4.98. The number of anilines is 1.